The van der Waals surface area contributed by atoms with Crippen LogP contribution in [0.4, 0.5) is 0 Å². The van der Waals surface area contributed by atoms with Gasteiger partial charge in [-0.25, -0.2) is 0 Å². The molecule has 1 aliphatic heterocycles. The fourth-order valence-corrected chi connectivity index (χ4v) is 6.20. The van der Waals surface area contributed by atoms with Crippen LogP contribution in [0.25, 0.3) is 22.0 Å². The van der Waals surface area contributed by atoms with E-state index >= 15 is 0 Å². The molecule has 148 valence electrons. The number of carbonyl (C=O) groups is 2. The maximum atomic E-state index is 12.0. The van der Waals surface area contributed by atoms with Crippen molar-refractivity contribution in [3.05, 3.63) is 45.8 Å². The molecule has 4 rings (SSSR count). The van der Waals surface area contributed by atoms with Gasteiger partial charge in [-0.3, -0.25) is 18.7 Å². The fourth-order valence-electron chi connectivity index (χ4n) is 3.86. The molecule has 0 saturated carbocycles. The number of nitrogens with one attached hydrogen (secondary N) is 1. The highest BCUT2D eigenvalue weighted by molar-refractivity contribution is 8.24. The van der Waals surface area contributed by atoms with Crippen molar-refractivity contribution in [1.82, 2.24) is 4.98 Å². The quantitative estimate of drug-likeness (QED) is 0.456. The second kappa shape index (κ2) is 7.36. The summed E-state index contributed by atoms with van der Waals surface area (Å²) < 4.78 is 19.7. The summed E-state index contributed by atoms with van der Waals surface area (Å²) in [5.41, 5.74) is 9.59. The average Bonchev–Trinajstić information content (AvgIpc) is 3.30. The van der Waals surface area contributed by atoms with E-state index in [4.69, 9.17) is 5.73 Å². The van der Waals surface area contributed by atoms with Crippen LogP contribution in [-0.4, -0.2) is 37.8 Å². The number of carbonyl (C=O) groups excluding carboxylic acids is 2. The molecule has 0 radical (unpaired) electrons. The molecule has 3 heterocycles. The molecule has 0 spiro atoms. The minimum Gasteiger partial charge on any atom is -0.366 e. The summed E-state index contributed by atoms with van der Waals surface area (Å²) in [6, 6.07) is 5.60. The van der Waals surface area contributed by atoms with E-state index in [2.05, 4.69) is 4.98 Å². The smallest absolute Gasteiger partial charge is 0.250 e. The number of aromatic nitrogens is 1. The fraction of sp³-hybridized carbons (Fsp3) is 0.300. The molecular weight excluding hydrogens is 396 g/mol. The minimum absolute atomic E-state index is 0.377. The molecule has 1 amide bonds. The van der Waals surface area contributed by atoms with Crippen molar-refractivity contribution in [2.75, 3.05) is 11.5 Å². The Morgan fingerprint density at radius 3 is 2.64 bits per heavy atom. The Balaban J connectivity index is 1.72. The molecule has 5 N–H and O–H groups in total. The lowest BCUT2D eigenvalue weighted by Crippen LogP contribution is -2.21. The van der Waals surface area contributed by atoms with Crippen molar-refractivity contribution in [2.24, 2.45) is 11.7 Å². The second-order valence-electron chi connectivity index (χ2n) is 7.34. The third kappa shape index (κ3) is 3.73. The first-order valence-electron chi connectivity index (χ1n) is 9.08. The molecule has 0 atom stereocenters. The van der Waals surface area contributed by atoms with Crippen LogP contribution >= 0.6 is 21.9 Å². The monoisotopic (exact) mass is 418 g/mol. The summed E-state index contributed by atoms with van der Waals surface area (Å²) in [5, 5.41) is 2.84. The first-order chi connectivity index (χ1) is 13.4. The number of benzene rings is 1. The Labute approximate surface area is 168 Å². The molecule has 28 heavy (non-hydrogen) atoms. The van der Waals surface area contributed by atoms with Crippen molar-refractivity contribution in [3.8, 4) is 11.1 Å². The van der Waals surface area contributed by atoms with Gasteiger partial charge in [0.25, 0.3) is 5.91 Å². The van der Waals surface area contributed by atoms with E-state index in [1.165, 1.54) is 11.3 Å². The summed E-state index contributed by atoms with van der Waals surface area (Å²) in [7, 11) is -2.39. The van der Waals surface area contributed by atoms with Crippen molar-refractivity contribution < 1.29 is 18.7 Å². The molecular formula is C20H22N2O4S2. The molecule has 0 bridgehead atoms. The van der Waals surface area contributed by atoms with Crippen LogP contribution in [0, 0.1) is 5.92 Å². The van der Waals surface area contributed by atoms with E-state index in [0.29, 0.717) is 27.9 Å². The maximum absolute atomic E-state index is 12.0. The first-order valence-corrected chi connectivity index (χ1v) is 11.8. The molecule has 0 unspecified atom stereocenters. The SMILES string of the molecule is NC(=O)c1cc(-c2csc(C=O)c2)cc2c(CC3CCS(O)(O)CC3)c[nH]c12. The molecule has 1 aliphatic rings. The molecule has 8 heteroatoms. The lowest BCUT2D eigenvalue weighted by Gasteiger charge is -2.39. The number of hydrogen-bond acceptors (Lipinski definition) is 5. The van der Waals surface area contributed by atoms with Gasteiger partial charge in [0.1, 0.15) is 0 Å². The Kier molecular flexibility index (Phi) is 5.05. The lowest BCUT2D eigenvalue weighted by atomic mass is 9.92. The maximum Gasteiger partial charge on any atom is 0.250 e. The molecule has 6 nitrogen and oxygen atoms in total. The molecule has 0 aliphatic carbocycles. The zero-order valence-electron chi connectivity index (χ0n) is 15.2. The molecule has 3 aromatic rings. The highest BCUT2D eigenvalue weighted by atomic mass is 32.3. The van der Waals surface area contributed by atoms with Gasteiger partial charge in [0.15, 0.2) is 6.29 Å². The van der Waals surface area contributed by atoms with Crippen molar-refractivity contribution in [2.45, 2.75) is 19.3 Å². The third-order valence-electron chi connectivity index (χ3n) is 5.42. The third-order valence-corrected chi connectivity index (χ3v) is 8.06. The number of thiophene rings is 1. The Morgan fingerprint density at radius 2 is 2.00 bits per heavy atom. The summed E-state index contributed by atoms with van der Waals surface area (Å²) in [6.07, 6.45) is 5.10. The highest BCUT2D eigenvalue weighted by Crippen LogP contribution is 2.46. The standard InChI is InChI=1S/C20H22N2O4S2/c21-20(24)18-8-13(15-6-16(10-23)27-11-15)7-17-14(9-22-19(17)18)5-12-1-3-28(25,26)4-2-12/h6-12,22,25-26H,1-5H2,(H2,21,24). The van der Waals surface area contributed by atoms with Gasteiger partial charge < -0.3 is 10.7 Å². The van der Waals surface area contributed by atoms with Crippen LogP contribution in [0.1, 0.15) is 38.4 Å². The number of aromatic amines is 1. The lowest BCUT2D eigenvalue weighted by molar-refractivity contribution is 0.100. The van der Waals surface area contributed by atoms with E-state index in [1.807, 2.05) is 23.7 Å². The zero-order valence-corrected chi connectivity index (χ0v) is 16.8. The molecule has 1 fully saturated rings. The van der Waals surface area contributed by atoms with Crippen LogP contribution in [0.3, 0.4) is 0 Å². The number of H-pyrrole nitrogens is 1. The minimum atomic E-state index is -2.39. The normalized spacial score (nSPS) is 18.2. The van der Waals surface area contributed by atoms with Gasteiger partial charge in [-0.1, -0.05) is 0 Å². The Morgan fingerprint density at radius 1 is 1.25 bits per heavy atom. The van der Waals surface area contributed by atoms with E-state index in [1.54, 1.807) is 6.07 Å². The average molecular weight is 419 g/mol. The Hall–Kier alpha value is -2.13. The van der Waals surface area contributed by atoms with Gasteiger partial charge in [0.05, 0.1) is 16.0 Å². The summed E-state index contributed by atoms with van der Waals surface area (Å²) in [6.45, 7) is 0. The number of nitrogens with two attached hydrogens (primary N) is 1. The second-order valence-corrected chi connectivity index (χ2v) is 10.7. The van der Waals surface area contributed by atoms with E-state index in [0.717, 1.165) is 53.1 Å². The highest BCUT2D eigenvalue weighted by Gasteiger charge is 2.25. The number of aldehydes is 1. The van der Waals surface area contributed by atoms with Crippen molar-refractivity contribution in [3.63, 3.8) is 0 Å². The number of fused-ring (bicyclic) bond motifs is 1. The van der Waals surface area contributed by atoms with E-state index in [-0.39, 0.29) is 0 Å². The zero-order chi connectivity index (χ0) is 19.9. The van der Waals surface area contributed by atoms with Gasteiger partial charge >= 0.3 is 0 Å². The molecule has 1 saturated heterocycles. The van der Waals surface area contributed by atoms with Crippen LogP contribution < -0.4 is 5.73 Å². The number of primary amides is 1. The van der Waals surface area contributed by atoms with Crippen LogP contribution in [0.15, 0.2) is 29.8 Å². The Bertz CT molecular complexity index is 1040. The van der Waals surface area contributed by atoms with Crippen molar-refractivity contribution >= 4 is 45.0 Å². The van der Waals surface area contributed by atoms with Gasteiger partial charge in [-0.05, 0) is 65.4 Å². The largest absolute Gasteiger partial charge is 0.366 e. The topological polar surface area (TPSA) is 116 Å². The van der Waals surface area contributed by atoms with Crippen LogP contribution in [-0.2, 0) is 6.42 Å². The van der Waals surface area contributed by atoms with E-state index < -0.39 is 16.5 Å². The van der Waals surface area contributed by atoms with Gasteiger partial charge in [-0.15, -0.1) is 11.3 Å². The van der Waals surface area contributed by atoms with Crippen molar-refractivity contribution in [1.29, 1.82) is 0 Å². The number of amides is 1. The van der Waals surface area contributed by atoms with Crippen LogP contribution in [0.2, 0.25) is 0 Å². The van der Waals surface area contributed by atoms with E-state index in [9.17, 15) is 18.7 Å². The molecule has 1 aromatic carbocycles. The summed E-state index contributed by atoms with van der Waals surface area (Å²) in [5.74, 6) is 0.794. The summed E-state index contributed by atoms with van der Waals surface area (Å²) >= 11 is 1.36. The van der Waals surface area contributed by atoms with Gasteiger partial charge in [0.2, 0.25) is 0 Å². The number of rotatable bonds is 5. The first kappa shape index (κ1) is 19.2. The van der Waals surface area contributed by atoms with Gasteiger partial charge in [0, 0.05) is 23.1 Å². The predicted octanol–water partition coefficient (Wildman–Crippen LogP) is 4.51. The molecule has 2 aromatic heterocycles. The van der Waals surface area contributed by atoms with Gasteiger partial charge in [-0.2, -0.15) is 10.6 Å². The van der Waals surface area contributed by atoms with Crippen LogP contribution in [0.5, 0.6) is 0 Å². The number of hydrogen-bond donors (Lipinski definition) is 4. The summed E-state index contributed by atoms with van der Waals surface area (Å²) in [4.78, 5) is 26.9. The predicted molar refractivity (Wildman–Crippen MR) is 115 cm³/mol.